The van der Waals surface area contributed by atoms with Crippen molar-refractivity contribution in [3.05, 3.63) is 34.4 Å². The fraction of sp³-hybridized carbons (Fsp3) is 0.583. The molecule has 0 atom stereocenters. The molecule has 0 aliphatic heterocycles. The van der Waals surface area contributed by atoms with E-state index in [-0.39, 0.29) is 36.8 Å². The van der Waals surface area contributed by atoms with Gasteiger partial charge in [0.25, 0.3) is 0 Å². The van der Waals surface area contributed by atoms with Crippen LogP contribution in [-0.4, -0.2) is 20.3 Å². The standard InChI is InChI=1S/C24H28ClN2O5P/c1-29-24(23-19-11-16-10-17(13-19)14-20(23)12-16)18-4-5-21(25)22(15-18)32-33(28,30-8-2-6-26)31-9-3-7-27/h4-5,15-17,19-20H,2-3,8-14H2,1H3. The Hall–Kier alpha value is -2.02. The number of methoxy groups -OCH3 is 1. The van der Waals surface area contributed by atoms with Crippen molar-refractivity contribution in [2.24, 2.45) is 23.7 Å². The van der Waals surface area contributed by atoms with Gasteiger partial charge in [-0.15, -0.1) is 0 Å². The summed E-state index contributed by atoms with van der Waals surface area (Å²) in [5.74, 6) is 3.75. The van der Waals surface area contributed by atoms with Gasteiger partial charge < -0.3 is 9.26 Å². The molecule has 0 aromatic heterocycles. The average molecular weight is 491 g/mol. The van der Waals surface area contributed by atoms with Gasteiger partial charge >= 0.3 is 7.82 Å². The first-order chi connectivity index (χ1) is 16.0. The molecule has 4 saturated carbocycles. The molecular weight excluding hydrogens is 463 g/mol. The highest BCUT2D eigenvalue weighted by molar-refractivity contribution is 7.48. The van der Waals surface area contributed by atoms with Crippen molar-refractivity contribution in [3.63, 3.8) is 0 Å². The van der Waals surface area contributed by atoms with Crippen LogP contribution < -0.4 is 4.52 Å². The lowest BCUT2D eigenvalue weighted by Crippen LogP contribution is -2.40. The van der Waals surface area contributed by atoms with E-state index >= 15 is 0 Å². The molecule has 4 fully saturated rings. The molecule has 176 valence electrons. The number of nitriles is 2. The van der Waals surface area contributed by atoms with Crippen LogP contribution in [0.15, 0.2) is 23.8 Å². The van der Waals surface area contributed by atoms with Gasteiger partial charge in [-0.2, -0.15) is 10.5 Å². The predicted molar refractivity (Wildman–Crippen MR) is 123 cm³/mol. The largest absolute Gasteiger partial charge is 0.530 e. The maximum atomic E-state index is 13.1. The van der Waals surface area contributed by atoms with Crippen LogP contribution in [0.1, 0.15) is 50.5 Å². The van der Waals surface area contributed by atoms with E-state index < -0.39 is 7.82 Å². The summed E-state index contributed by atoms with van der Waals surface area (Å²) in [5, 5.41) is 17.8. The smallest absolute Gasteiger partial charge is 0.496 e. The molecule has 1 aromatic rings. The van der Waals surface area contributed by atoms with Gasteiger partial charge in [0.15, 0.2) is 5.75 Å². The first-order valence-corrected chi connectivity index (χ1v) is 13.2. The molecular formula is C24H28ClN2O5P. The molecule has 0 heterocycles. The zero-order chi connectivity index (χ0) is 23.4. The molecule has 4 bridgehead atoms. The summed E-state index contributed by atoms with van der Waals surface area (Å²) >= 11 is 6.36. The molecule has 0 amide bonds. The number of phosphoric ester groups is 1. The SMILES string of the molecule is COC(=C1C2CC3CC(C2)CC1C3)c1ccc(Cl)c(OP(=O)(OCCC#N)OCCC#N)c1. The Bertz CT molecular complexity index is 990. The van der Waals surface area contributed by atoms with Gasteiger partial charge in [-0.25, -0.2) is 4.57 Å². The summed E-state index contributed by atoms with van der Waals surface area (Å²) in [5.41, 5.74) is 2.19. The minimum absolute atomic E-state index is 0.0212. The number of hydrogen-bond acceptors (Lipinski definition) is 7. The van der Waals surface area contributed by atoms with Crippen molar-refractivity contribution >= 4 is 25.2 Å². The van der Waals surface area contributed by atoms with Gasteiger partial charge in [0, 0.05) is 5.56 Å². The molecule has 0 unspecified atom stereocenters. The first kappa shape index (κ1) is 24.1. The zero-order valence-corrected chi connectivity index (χ0v) is 20.3. The highest BCUT2D eigenvalue weighted by Gasteiger charge is 2.46. The van der Waals surface area contributed by atoms with Crippen molar-refractivity contribution in [1.29, 1.82) is 10.5 Å². The fourth-order valence-corrected chi connectivity index (χ4v) is 7.21. The monoisotopic (exact) mass is 490 g/mol. The molecule has 0 N–H and O–H groups in total. The van der Waals surface area contributed by atoms with Crippen LogP contribution in [0.25, 0.3) is 5.76 Å². The molecule has 4 aliphatic carbocycles. The topological polar surface area (TPSA) is 102 Å². The van der Waals surface area contributed by atoms with Crippen LogP contribution in [0, 0.1) is 46.3 Å². The van der Waals surface area contributed by atoms with Crippen LogP contribution in [0.5, 0.6) is 5.75 Å². The molecule has 0 spiro atoms. The van der Waals surface area contributed by atoms with E-state index in [1.807, 2.05) is 18.2 Å². The van der Waals surface area contributed by atoms with E-state index in [1.165, 1.54) is 37.7 Å². The number of hydrogen-bond donors (Lipinski definition) is 0. The number of nitrogens with zero attached hydrogens (tertiary/aromatic N) is 2. The highest BCUT2D eigenvalue weighted by Crippen LogP contribution is 2.58. The van der Waals surface area contributed by atoms with Crippen LogP contribution in [0.3, 0.4) is 0 Å². The Balaban J connectivity index is 1.62. The summed E-state index contributed by atoms with van der Waals surface area (Å²) in [7, 11) is -2.40. The van der Waals surface area contributed by atoms with Crippen LogP contribution in [0.4, 0.5) is 0 Å². The second-order valence-corrected chi connectivity index (χ2v) is 11.0. The Labute approximate surface area is 199 Å². The predicted octanol–water partition coefficient (Wildman–Crippen LogP) is 6.50. The summed E-state index contributed by atoms with van der Waals surface area (Å²) in [6.45, 7) is -0.257. The normalized spacial score (nSPS) is 25.4. The van der Waals surface area contributed by atoms with Gasteiger partial charge in [0.1, 0.15) is 5.76 Å². The summed E-state index contributed by atoms with van der Waals surface area (Å²) < 4.78 is 35.3. The number of halogens is 1. The molecule has 0 saturated heterocycles. The van der Waals surface area contributed by atoms with Crippen LogP contribution in [-0.2, 0) is 18.3 Å². The van der Waals surface area contributed by atoms with Crippen LogP contribution >= 0.6 is 19.4 Å². The summed E-state index contributed by atoms with van der Waals surface area (Å²) in [6.07, 6.45) is 6.30. The molecule has 0 radical (unpaired) electrons. The van der Waals surface area contributed by atoms with Crippen LogP contribution in [0.2, 0.25) is 5.02 Å². The molecule has 33 heavy (non-hydrogen) atoms. The summed E-state index contributed by atoms with van der Waals surface area (Å²) in [6, 6.07) is 9.09. The first-order valence-electron chi connectivity index (χ1n) is 11.4. The Morgan fingerprint density at radius 1 is 1.03 bits per heavy atom. The third-order valence-electron chi connectivity index (χ3n) is 6.81. The van der Waals surface area contributed by atoms with Gasteiger partial charge in [-0.1, -0.05) is 11.6 Å². The lowest BCUT2D eigenvalue weighted by Gasteiger charge is -2.51. The Morgan fingerprint density at radius 2 is 1.61 bits per heavy atom. The quantitative estimate of drug-likeness (QED) is 0.209. The van der Waals surface area contributed by atoms with E-state index in [0.29, 0.717) is 11.8 Å². The molecule has 1 aromatic carbocycles. The third-order valence-corrected chi connectivity index (χ3v) is 8.54. The Morgan fingerprint density at radius 3 is 2.12 bits per heavy atom. The maximum absolute atomic E-state index is 13.1. The minimum Gasteiger partial charge on any atom is -0.496 e. The van der Waals surface area contributed by atoms with E-state index in [9.17, 15) is 4.57 Å². The number of rotatable bonds is 10. The van der Waals surface area contributed by atoms with Gasteiger partial charge in [-0.05, 0) is 79.5 Å². The molecule has 7 nitrogen and oxygen atoms in total. The maximum Gasteiger partial charge on any atom is 0.530 e. The van der Waals surface area contributed by atoms with Crippen molar-refractivity contribution in [2.45, 2.75) is 44.9 Å². The molecule has 4 aliphatic rings. The average Bonchev–Trinajstić information content (AvgIpc) is 2.78. The second-order valence-electron chi connectivity index (χ2n) is 8.96. The molecule has 5 rings (SSSR count). The Kier molecular flexibility index (Phi) is 7.67. The van der Waals surface area contributed by atoms with Gasteiger partial charge in [-0.3, -0.25) is 9.05 Å². The van der Waals surface area contributed by atoms with Gasteiger partial charge in [0.2, 0.25) is 0 Å². The van der Waals surface area contributed by atoms with E-state index in [0.717, 1.165) is 23.2 Å². The van der Waals surface area contributed by atoms with Crippen molar-refractivity contribution < 1.29 is 22.9 Å². The third kappa shape index (κ3) is 5.39. The minimum atomic E-state index is -4.08. The van der Waals surface area contributed by atoms with E-state index in [2.05, 4.69) is 0 Å². The fourth-order valence-electron chi connectivity index (χ4n) is 5.80. The second kappa shape index (κ2) is 10.5. The lowest BCUT2D eigenvalue weighted by atomic mass is 9.54. The number of benzene rings is 1. The van der Waals surface area contributed by atoms with Crippen molar-refractivity contribution in [1.82, 2.24) is 0 Å². The van der Waals surface area contributed by atoms with Crippen molar-refractivity contribution in [3.8, 4) is 17.9 Å². The lowest BCUT2D eigenvalue weighted by molar-refractivity contribution is 0.0675. The highest BCUT2D eigenvalue weighted by atomic mass is 35.5. The number of allylic oxidation sites excluding steroid dienone is 1. The van der Waals surface area contributed by atoms with E-state index in [1.54, 1.807) is 19.2 Å². The van der Waals surface area contributed by atoms with Gasteiger partial charge in [0.05, 0.1) is 50.3 Å². The van der Waals surface area contributed by atoms with E-state index in [4.69, 9.17) is 40.4 Å². The zero-order valence-electron chi connectivity index (χ0n) is 18.7. The van der Waals surface area contributed by atoms with Crippen molar-refractivity contribution in [2.75, 3.05) is 20.3 Å². The summed E-state index contributed by atoms with van der Waals surface area (Å²) in [4.78, 5) is 0. The molecule has 9 heteroatoms. The number of ether oxygens (including phenoxy) is 1. The number of phosphoric acid groups is 1.